The van der Waals surface area contributed by atoms with Crippen molar-refractivity contribution in [3.63, 3.8) is 0 Å². The maximum Gasteiger partial charge on any atom is 0.428 e. The van der Waals surface area contributed by atoms with E-state index in [1.807, 2.05) is 0 Å². The van der Waals surface area contributed by atoms with Crippen LogP contribution in [0.3, 0.4) is 0 Å². The summed E-state index contributed by atoms with van der Waals surface area (Å²) < 4.78 is 0. The summed E-state index contributed by atoms with van der Waals surface area (Å²) in [7, 11) is 0. The second kappa shape index (κ2) is 3.57. The standard InChI is InChI=1S/C7H14N2O2/c1-2-6-3-4-9(5-6)7(10)11-8/h6H,2-5,8H2,1H3. The van der Waals surface area contributed by atoms with Gasteiger partial charge in [0.25, 0.3) is 0 Å². The van der Waals surface area contributed by atoms with Gasteiger partial charge in [-0.05, 0) is 12.3 Å². The first-order chi connectivity index (χ1) is 5.27. The Morgan fingerprint density at radius 3 is 3.00 bits per heavy atom. The molecule has 0 aromatic rings. The Labute approximate surface area is 66.3 Å². The van der Waals surface area contributed by atoms with Crippen molar-refractivity contribution < 1.29 is 9.63 Å². The van der Waals surface area contributed by atoms with E-state index in [-0.39, 0.29) is 0 Å². The van der Waals surface area contributed by atoms with Gasteiger partial charge in [0.15, 0.2) is 0 Å². The second-order valence-electron chi connectivity index (χ2n) is 2.89. The summed E-state index contributed by atoms with van der Waals surface area (Å²) in [5.41, 5.74) is 0. The molecule has 1 unspecified atom stereocenters. The fraction of sp³-hybridized carbons (Fsp3) is 0.857. The highest BCUT2D eigenvalue weighted by Gasteiger charge is 2.25. The first-order valence-electron chi connectivity index (χ1n) is 3.93. The summed E-state index contributed by atoms with van der Waals surface area (Å²) in [5.74, 6) is 5.38. The molecule has 1 heterocycles. The van der Waals surface area contributed by atoms with E-state index < -0.39 is 6.09 Å². The quantitative estimate of drug-likeness (QED) is 0.572. The molecule has 1 aliphatic rings. The van der Waals surface area contributed by atoms with Crippen LogP contribution in [0.15, 0.2) is 0 Å². The molecule has 1 atom stereocenters. The Morgan fingerprint density at radius 2 is 2.55 bits per heavy atom. The number of rotatable bonds is 1. The van der Waals surface area contributed by atoms with Crippen LogP contribution in [0.2, 0.25) is 0 Å². The molecule has 1 amide bonds. The predicted molar refractivity (Wildman–Crippen MR) is 40.6 cm³/mol. The lowest BCUT2D eigenvalue weighted by Gasteiger charge is -2.12. The van der Waals surface area contributed by atoms with Crippen molar-refractivity contribution in [1.82, 2.24) is 4.90 Å². The molecule has 1 rings (SSSR count). The molecular formula is C7H14N2O2. The van der Waals surface area contributed by atoms with E-state index in [1.165, 1.54) is 0 Å². The monoisotopic (exact) mass is 158 g/mol. The molecule has 4 heteroatoms. The lowest BCUT2D eigenvalue weighted by atomic mass is 10.1. The van der Waals surface area contributed by atoms with Gasteiger partial charge in [-0.25, -0.2) is 4.79 Å². The third kappa shape index (κ3) is 1.83. The molecule has 1 fully saturated rings. The van der Waals surface area contributed by atoms with Crippen LogP contribution in [0.25, 0.3) is 0 Å². The number of likely N-dealkylation sites (tertiary alicyclic amines) is 1. The van der Waals surface area contributed by atoms with E-state index >= 15 is 0 Å². The van der Waals surface area contributed by atoms with Crippen LogP contribution in [0.5, 0.6) is 0 Å². The summed E-state index contributed by atoms with van der Waals surface area (Å²) in [6.07, 6.45) is 1.79. The average Bonchev–Trinajstić information content (AvgIpc) is 2.50. The zero-order valence-corrected chi connectivity index (χ0v) is 6.75. The SMILES string of the molecule is CCC1CCN(C(=O)ON)C1. The molecule has 0 aromatic heterocycles. The normalized spacial score (nSPS) is 23.8. The van der Waals surface area contributed by atoms with Crippen molar-refractivity contribution >= 4 is 6.09 Å². The van der Waals surface area contributed by atoms with E-state index in [1.54, 1.807) is 4.90 Å². The first-order valence-corrected chi connectivity index (χ1v) is 3.93. The highest BCUT2D eigenvalue weighted by atomic mass is 16.7. The van der Waals surface area contributed by atoms with Crippen LogP contribution in [0.1, 0.15) is 19.8 Å². The van der Waals surface area contributed by atoms with Crippen molar-refractivity contribution in [3.05, 3.63) is 0 Å². The number of carbonyl (C=O) groups is 1. The van der Waals surface area contributed by atoms with E-state index in [9.17, 15) is 4.79 Å². The number of carbonyl (C=O) groups excluding carboxylic acids is 1. The molecule has 2 N–H and O–H groups in total. The number of nitrogens with two attached hydrogens (primary N) is 1. The smallest absolute Gasteiger partial charge is 0.357 e. The molecule has 0 aromatic carbocycles. The maximum absolute atomic E-state index is 10.9. The fourth-order valence-electron chi connectivity index (χ4n) is 1.41. The Morgan fingerprint density at radius 1 is 1.82 bits per heavy atom. The van der Waals surface area contributed by atoms with E-state index in [0.717, 1.165) is 25.9 Å². The Balaban J connectivity index is 2.35. The lowest BCUT2D eigenvalue weighted by Crippen LogP contribution is -2.31. The summed E-state index contributed by atoms with van der Waals surface area (Å²) in [6, 6.07) is 0. The van der Waals surface area contributed by atoms with Crippen molar-refractivity contribution in [3.8, 4) is 0 Å². The maximum atomic E-state index is 10.9. The van der Waals surface area contributed by atoms with Crippen molar-refractivity contribution in [2.24, 2.45) is 11.8 Å². The minimum atomic E-state index is -0.402. The minimum Gasteiger partial charge on any atom is -0.357 e. The highest BCUT2D eigenvalue weighted by molar-refractivity contribution is 5.67. The molecule has 0 saturated carbocycles. The molecular weight excluding hydrogens is 144 g/mol. The number of hydrogen-bond acceptors (Lipinski definition) is 3. The molecule has 11 heavy (non-hydrogen) atoms. The number of amides is 1. The topological polar surface area (TPSA) is 55.6 Å². The van der Waals surface area contributed by atoms with Gasteiger partial charge in [-0.2, -0.15) is 5.90 Å². The van der Waals surface area contributed by atoms with Crippen molar-refractivity contribution in [1.29, 1.82) is 0 Å². The lowest BCUT2D eigenvalue weighted by molar-refractivity contribution is 0.110. The zero-order valence-electron chi connectivity index (χ0n) is 6.75. The molecule has 1 aliphatic heterocycles. The molecule has 1 saturated heterocycles. The van der Waals surface area contributed by atoms with Crippen LogP contribution in [-0.4, -0.2) is 24.1 Å². The van der Waals surface area contributed by atoms with Gasteiger partial charge in [0.05, 0.1) is 0 Å². The molecule has 0 bridgehead atoms. The average molecular weight is 158 g/mol. The van der Waals surface area contributed by atoms with Gasteiger partial charge in [0.1, 0.15) is 0 Å². The second-order valence-corrected chi connectivity index (χ2v) is 2.89. The zero-order chi connectivity index (χ0) is 8.27. The van der Waals surface area contributed by atoms with Crippen LogP contribution < -0.4 is 5.90 Å². The Hall–Kier alpha value is -0.770. The van der Waals surface area contributed by atoms with Crippen LogP contribution in [-0.2, 0) is 4.84 Å². The van der Waals surface area contributed by atoms with E-state index in [0.29, 0.717) is 5.92 Å². The van der Waals surface area contributed by atoms with Gasteiger partial charge in [0, 0.05) is 13.1 Å². The van der Waals surface area contributed by atoms with Gasteiger partial charge >= 0.3 is 6.09 Å². The minimum absolute atomic E-state index is 0.402. The van der Waals surface area contributed by atoms with Gasteiger partial charge in [-0.15, -0.1) is 0 Å². The number of hydrogen-bond donors (Lipinski definition) is 1. The van der Waals surface area contributed by atoms with Gasteiger partial charge in [0.2, 0.25) is 0 Å². The van der Waals surface area contributed by atoms with Crippen molar-refractivity contribution in [2.75, 3.05) is 13.1 Å². The third-order valence-electron chi connectivity index (χ3n) is 2.22. The fourth-order valence-corrected chi connectivity index (χ4v) is 1.41. The number of nitrogens with zero attached hydrogens (tertiary/aromatic N) is 1. The van der Waals surface area contributed by atoms with Gasteiger partial charge in [-0.3, -0.25) is 0 Å². The van der Waals surface area contributed by atoms with E-state index in [2.05, 4.69) is 11.8 Å². The molecule has 0 spiro atoms. The molecule has 0 radical (unpaired) electrons. The predicted octanol–water partition coefficient (Wildman–Crippen LogP) is 0.729. The largest absolute Gasteiger partial charge is 0.428 e. The summed E-state index contributed by atoms with van der Waals surface area (Å²) >= 11 is 0. The van der Waals surface area contributed by atoms with Crippen LogP contribution in [0, 0.1) is 5.92 Å². The molecule has 64 valence electrons. The molecule has 0 aliphatic carbocycles. The first kappa shape index (κ1) is 8.33. The Kier molecular flexibility index (Phi) is 2.70. The molecule has 4 nitrogen and oxygen atoms in total. The summed E-state index contributed by atoms with van der Waals surface area (Å²) in [5, 5.41) is 0. The Bertz CT molecular complexity index is 149. The van der Waals surface area contributed by atoms with Crippen LogP contribution in [0.4, 0.5) is 4.79 Å². The summed E-state index contributed by atoms with van der Waals surface area (Å²) in [4.78, 5) is 16.6. The van der Waals surface area contributed by atoms with Crippen LogP contribution >= 0.6 is 0 Å². The summed E-state index contributed by atoms with van der Waals surface area (Å²) in [6.45, 7) is 3.71. The highest BCUT2D eigenvalue weighted by Crippen LogP contribution is 2.18. The van der Waals surface area contributed by atoms with E-state index in [4.69, 9.17) is 5.90 Å². The van der Waals surface area contributed by atoms with Crippen molar-refractivity contribution in [2.45, 2.75) is 19.8 Å². The van der Waals surface area contributed by atoms with Gasteiger partial charge < -0.3 is 9.74 Å². The van der Waals surface area contributed by atoms with Gasteiger partial charge in [-0.1, -0.05) is 13.3 Å². The third-order valence-corrected chi connectivity index (χ3v) is 2.22.